The highest BCUT2D eigenvalue weighted by atomic mass is 19.1. The highest BCUT2D eigenvalue weighted by Crippen LogP contribution is 2.32. The molecule has 1 fully saturated rings. The van der Waals surface area contributed by atoms with Crippen LogP contribution in [-0.4, -0.2) is 66.4 Å². The second-order valence-corrected chi connectivity index (χ2v) is 8.86. The molecule has 1 saturated heterocycles. The number of likely N-dealkylation sites (N-methyl/N-ethyl adjacent to an activating group) is 1. The lowest BCUT2D eigenvalue weighted by molar-refractivity contribution is -0.119. The van der Waals surface area contributed by atoms with Crippen LogP contribution >= 0.6 is 0 Å². The number of hydrogen-bond acceptors (Lipinski definition) is 5. The Morgan fingerprint density at radius 1 is 1.06 bits per heavy atom. The summed E-state index contributed by atoms with van der Waals surface area (Å²) in [4.78, 5) is 24.3. The number of hydrogen-bond donors (Lipinski definition) is 3. The summed E-state index contributed by atoms with van der Waals surface area (Å²) >= 11 is 0. The summed E-state index contributed by atoms with van der Waals surface area (Å²) < 4.78 is 13.8. The van der Waals surface area contributed by atoms with Gasteiger partial charge in [0.2, 0.25) is 5.91 Å². The lowest BCUT2D eigenvalue weighted by Gasteiger charge is -2.28. The van der Waals surface area contributed by atoms with Gasteiger partial charge in [0.05, 0.1) is 29.0 Å². The van der Waals surface area contributed by atoms with Crippen LogP contribution in [0.25, 0.3) is 10.9 Å². The average molecular weight is 486 g/mol. The van der Waals surface area contributed by atoms with Gasteiger partial charge < -0.3 is 20.3 Å². The standard InChI is InChI=1S/C28H28FN5O2/c1-33(25(35)18-34-15-13-30-14-16-34)22-10-8-21(9-11-22)31-27(19-5-3-2-4-6-19)26-23-12-7-20(29)17-24(23)32-28(26)36/h2-12,17,30,32,36H,13-16,18H2,1H3. The molecule has 1 amide bonds. The van der Waals surface area contributed by atoms with Crippen molar-refractivity contribution >= 4 is 33.9 Å². The Morgan fingerprint density at radius 3 is 2.50 bits per heavy atom. The number of fused-ring (bicyclic) bond motifs is 1. The van der Waals surface area contributed by atoms with E-state index in [-0.39, 0.29) is 17.6 Å². The van der Waals surface area contributed by atoms with Crippen LogP contribution in [0.2, 0.25) is 0 Å². The fraction of sp³-hybridized carbons (Fsp3) is 0.214. The minimum absolute atomic E-state index is 0.0362. The molecule has 5 rings (SSSR count). The maximum atomic E-state index is 13.8. The molecule has 1 aliphatic rings. The minimum atomic E-state index is -0.389. The third-order valence-electron chi connectivity index (χ3n) is 6.45. The second kappa shape index (κ2) is 10.3. The number of aliphatic imine (C=N–C) groups is 1. The van der Waals surface area contributed by atoms with Crippen molar-refractivity contribution in [3.05, 3.63) is 89.7 Å². The van der Waals surface area contributed by atoms with Gasteiger partial charge in [0.25, 0.3) is 0 Å². The number of H-pyrrole nitrogens is 1. The quantitative estimate of drug-likeness (QED) is 0.360. The van der Waals surface area contributed by atoms with Gasteiger partial charge in [0.1, 0.15) is 5.82 Å². The van der Waals surface area contributed by atoms with E-state index in [1.807, 2.05) is 54.6 Å². The predicted octanol–water partition coefficient (Wildman–Crippen LogP) is 4.05. The summed E-state index contributed by atoms with van der Waals surface area (Å²) in [6, 6.07) is 21.3. The molecule has 7 nitrogen and oxygen atoms in total. The molecule has 36 heavy (non-hydrogen) atoms. The number of rotatable bonds is 6. The van der Waals surface area contributed by atoms with Gasteiger partial charge in [-0.1, -0.05) is 30.3 Å². The molecule has 0 unspecified atom stereocenters. The molecule has 0 radical (unpaired) electrons. The molecule has 2 heterocycles. The fourth-order valence-corrected chi connectivity index (χ4v) is 4.45. The zero-order chi connectivity index (χ0) is 25.1. The molecule has 4 aromatic rings. The molecule has 0 spiro atoms. The molecule has 8 heteroatoms. The van der Waals surface area contributed by atoms with E-state index in [4.69, 9.17) is 4.99 Å². The number of halogens is 1. The number of nitrogens with zero attached hydrogens (tertiary/aromatic N) is 3. The Balaban J connectivity index is 1.46. The Kier molecular flexibility index (Phi) is 6.79. The second-order valence-electron chi connectivity index (χ2n) is 8.86. The van der Waals surface area contributed by atoms with Gasteiger partial charge >= 0.3 is 0 Å². The van der Waals surface area contributed by atoms with E-state index in [1.54, 1.807) is 18.0 Å². The lowest BCUT2D eigenvalue weighted by Crippen LogP contribution is -2.47. The van der Waals surface area contributed by atoms with Gasteiger partial charge in [-0.05, 0) is 42.5 Å². The number of amides is 1. The topological polar surface area (TPSA) is 84.0 Å². The van der Waals surface area contributed by atoms with Crippen molar-refractivity contribution in [2.75, 3.05) is 44.7 Å². The number of aromatic amines is 1. The largest absolute Gasteiger partial charge is 0.494 e. The van der Waals surface area contributed by atoms with E-state index >= 15 is 0 Å². The minimum Gasteiger partial charge on any atom is -0.494 e. The van der Waals surface area contributed by atoms with Crippen molar-refractivity contribution in [2.45, 2.75) is 0 Å². The summed E-state index contributed by atoms with van der Waals surface area (Å²) in [7, 11) is 1.78. The maximum Gasteiger partial charge on any atom is 0.240 e. The molecule has 1 aliphatic heterocycles. The van der Waals surface area contributed by atoms with Crippen molar-refractivity contribution in [2.24, 2.45) is 4.99 Å². The molecule has 0 bridgehead atoms. The van der Waals surface area contributed by atoms with Crippen LogP contribution in [0.3, 0.4) is 0 Å². The van der Waals surface area contributed by atoms with Gasteiger partial charge in [-0.2, -0.15) is 0 Å². The molecule has 0 saturated carbocycles. The summed E-state index contributed by atoms with van der Waals surface area (Å²) in [6.45, 7) is 3.91. The highest BCUT2D eigenvalue weighted by Gasteiger charge is 2.20. The summed E-state index contributed by atoms with van der Waals surface area (Å²) in [5.41, 5.74) is 3.80. The van der Waals surface area contributed by atoms with Gasteiger partial charge in [0, 0.05) is 49.9 Å². The van der Waals surface area contributed by atoms with E-state index in [2.05, 4.69) is 15.2 Å². The summed E-state index contributed by atoms with van der Waals surface area (Å²) in [5, 5.41) is 14.7. The molecule has 184 valence electrons. The van der Waals surface area contributed by atoms with Crippen LogP contribution in [0.15, 0.2) is 77.8 Å². The van der Waals surface area contributed by atoms with E-state index in [0.29, 0.717) is 34.4 Å². The summed E-state index contributed by atoms with van der Waals surface area (Å²) in [5.74, 6) is -0.429. The Labute approximate surface area is 208 Å². The van der Waals surface area contributed by atoms with Crippen LogP contribution in [0, 0.1) is 5.82 Å². The number of nitrogens with one attached hydrogen (secondary N) is 2. The van der Waals surface area contributed by atoms with E-state index in [1.165, 1.54) is 12.1 Å². The van der Waals surface area contributed by atoms with Crippen LogP contribution in [0.5, 0.6) is 5.88 Å². The summed E-state index contributed by atoms with van der Waals surface area (Å²) in [6.07, 6.45) is 0. The number of aromatic hydroxyl groups is 1. The number of anilines is 1. The zero-order valence-corrected chi connectivity index (χ0v) is 20.0. The SMILES string of the molecule is CN(C(=O)CN1CCNCC1)c1ccc(N=C(c2ccccc2)c2c(O)[nH]c3cc(F)ccc23)cc1. The first-order valence-corrected chi connectivity index (χ1v) is 11.9. The monoisotopic (exact) mass is 485 g/mol. The van der Waals surface area contributed by atoms with Crippen molar-refractivity contribution < 1.29 is 14.3 Å². The number of carbonyl (C=O) groups excluding carboxylic acids is 1. The predicted molar refractivity (Wildman–Crippen MR) is 141 cm³/mol. The molecular formula is C28H28FN5O2. The molecule has 3 aromatic carbocycles. The number of aromatic nitrogens is 1. The Bertz CT molecular complexity index is 1390. The third-order valence-corrected chi connectivity index (χ3v) is 6.45. The van der Waals surface area contributed by atoms with Crippen LogP contribution in [-0.2, 0) is 4.79 Å². The normalized spacial score (nSPS) is 14.8. The molecule has 1 aromatic heterocycles. The Morgan fingerprint density at radius 2 is 1.78 bits per heavy atom. The van der Waals surface area contributed by atoms with E-state index < -0.39 is 0 Å². The zero-order valence-electron chi connectivity index (χ0n) is 20.0. The smallest absolute Gasteiger partial charge is 0.240 e. The number of piperazine rings is 1. The Hall–Kier alpha value is -4.01. The number of carbonyl (C=O) groups is 1. The molecule has 0 aliphatic carbocycles. The first-order valence-electron chi connectivity index (χ1n) is 11.9. The van der Waals surface area contributed by atoms with Crippen LogP contribution in [0.1, 0.15) is 11.1 Å². The molecular weight excluding hydrogens is 457 g/mol. The third kappa shape index (κ3) is 5.00. The van der Waals surface area contributed by atoms with Crippen molar-refractivity contribution in [1.29, 1.82) is 0 Å². The van der Waals surface area contributed by atoms with Crippen molar-refractivity contribution in [1.82, 2.24) is 15.2 Å². The highest BCUT2D eigenvalue weighted by molar-refractivity contribution is 6.21. The van der Waals surface area contributed by atoms with Gasteiger partial charge in [-0.25, -0.2) is 9.38 Å². The van der Waals surface area contributed by atoms with Crippen molar-refractivity contribution in [3.63, 3.8) is 0 Å². The molecule has 0 atom stereocenters. The average Bonchev–Trinajstić information content (AvgIpc) is 3.22. The van der Waals surface area contributed by atoms with Gasteiger partial charge in [-0.15, -0.1) is 0 Å². The van der Waals surface area contributed by atoms with Crippen LogP contribution in [0.4, 0.5) is 15.8 Å². The van der Waals surface area contributed by atoms with E-state index in [0.717, 1.165) is 37.4 Å². The number of benzene rings is 3. The first kappa shape index (κ1) is 23.7. The first-order chi connectivity index (χ1) is 17.5. The lowest BCUT2D eigenvalue weighted by atomic mass is 10.0. The van der Waals surface area contributed by atoms with Gasteiger partial charge in [0.15, 0.2) is 5.88 Å². The van der Waals surface area contributed by atoms with E-state index in [9.17, 15) is 14.3 Å². The maximum absolute atomic E-state index is 13.8. The van der Waals surface area contributed by atoms with Gasteiger partial charge in [-0.3, -0.25) is 9.69 Å². The fourth-order valence-electron chi connectivity index (χ4n) is 4.45. The van der Waals surface area contributed by atoms with Crippen molar-refractivity contribution in [3.8, 4) is 5.88 Å². The molecule has 3 N–H and O–H groups in total. The van der Waals surface area contributed by atoms with Crippen LogP contribution < -0.4 is 10.2 Å².